The first-order valence-corrected chi connectivity index (χ1v) is 10.2. The molecule has 160 valence electrons. The molecule has 0 fully saturated rings. The molecule has 1 rings (SSSR count). The normalized spacial score (nSPS) is 35.4. The Morgan fingerprint density at radius 1 is 0.931 bits per heavy atom. The minimum absolute atomic E-state index is 0.147. The molecule has 4 atom stereocenters. The lowest BCUT2D eigenvalue weighted by atomic mass is 10.1. The fraction of sp³-hybridized carbons (Fsp3) is 0.458. The van der Waals surface area contributed by atoms with Crippen molar-refractivity contribution in [1.29, 1.82) is 0 Å². The van der Waals surface area contributed by atoms with Crippen LogP contribution in [0, 0.1) is 0 Å². The number of aliphatic hydroxyl groups excluding tert-OH is 3. The van der Waals surface area contributed by atoms with Crippen molar-refractivity contribution in [2.75, 3.05) is 0 Å². The van der Waals surface area contributed by atoms with Crippen molar-refractivity contribution in [1.82, 2.24) is 0 Å². The second-order valence-corrected chi connectivity index (χ2v) is 7.05. The van der Waals surface area contributed by atoms with Gasteiger partial charge in [-0.2, -0.15) is 0 Å². The summed E-state index contributed by atoms with van der Waals surface area (Å²) in [6, 6.07) is 0. The molecule has 5 heteroatoms. The predicted molar refractivity (Wildman–Crippen MR) is 116 cm³/mol. The van der Waals surface area contributed by atoms with E-state index in [4.69, 9.17) is 4.74 Å². The van der Waals surface area contributed by atoms with Gasteiger partial charge in [0.25, 0.3) is 0 Å². The van der Waals surface area contributed by atoms with Crippen LogP contribution < -0.4 is 0 Å². The zero-order chi connectivity index (χ0) is 21.3. The second kappa shape index (κ2) is 15.7. The number of hydrogen-bond acceptors (Lipinski definition) is 5. The summed E-state index contributed by atoms with van der Waals surface area (Å²) in [6.45, 7) is 1.88. The monoisotopic (exact) mass is 402 g/mol. The topological polar surface area (TPSA) is 87.0 Å². The maximum atomic E-state index is 11.7. The van der Waals surface area contributed by atoms with Crippen LogP contribution in [0.4, 0.5) is 0 Å². The van der Waals surface area contributed by atoms with Crippen LogP contribution >= 0.6 is 0 Å². The quantitative estimate of drug-likeness (QED) is 0.425. The molecule has 1 heterocycles. The van der Waals surface area contributed by atoms with Crippen molar-refractivity contribution in [3.05, 3.63) is 72.9 Å². The first-order valence-electron chi connectivity index (χ1n) is 10.2. The fourth-order valence-electron chi connectivity index (χ4n) is 2.67. The summed E-state index contributed by atoms with van der Waals surface area (Å²) in [5.74, 6) is -0.359. The predicted octanol–water partition coefficient (Wildman–Crippen LogP) is 3.69. The summed E-state index contributed by atoms with van der Waals surface area (Å²) in [5.41, 5.74) is 0. The molecule has 0 aromatic heterocycles. The maximum Gasteiger partial charge on any atom is 0.331 e. The van der Waals surface area contributed by atoms with Crippen molar-refractivity contribution < 1.29 is 24.9 Å². The molecular formula is C24H34O5. The number of allylic oxidation sites excluding steroid dienone is 7. The number of carbonyl (C=O) groups is 1. The highest BCUT2D eigenvalue weighted by Gasteiger charge is 2.08. The van der Waals surface area contributed by atoms with Crippen LogP contribution in [-0.2, 0) is 9.53 Å². The van der Waals surface area contributed by atoms with Gasteiger partial charge in [-0.3, -0.25) is 0 Å². The van der Waals surface area contributed by atoms with Gasteiger partial charge in [0.05, 0.1) is 24.4 Å². The molecule has 0 aromatic rings. The summed E-state index contributed by atoms with van der Waals surface area (Å²) in [6.07, 6.45) is 22.2. The Bertz CT molecular complexity index is 627. The van der Waals surface area contributed by atoms with Crippen LogP contribution in [0.2, 0.25) is 0 Å². The highest BCUT2D eigenvalue weighted by atomic mass is 16.5. The minimum Gasteiger partial charge on any atom is -0.460 e. The number of ether oxygens (including phenoxy) is 1. The van der Waals surface area contributed by atoms with E-state index >= 15 is 0 Å². The zero-order valence-electron chi connectivity index (χ0n) is 17.1. The molecule has 0 saturated heterocycles. The molecule has 0 amide bonds. The molecule has 5 nitrogen and oxygen atoms in total. The first-order chi connectivity index (χ1) is 14.0. The molecule has 29 heavy (non-hydrogen) atoms. The molecule has 0 aliphatic carbocycles. The van der Waals surface area contributed by atoms with E-state index in [1.807, 2.05) is 31.2 Å². The molecule has 0 aromatic carbocycles. The minimum atomic E-state index is -0.733. The Balaban J connectivity index is 2.66. The first kappa shape index (κ1) is 24.8. The third-order valence-corrected chi connectivity index (χ3v) is 4.22. The Hall–Kier alpha value is -2.21. The van der Waals surface area contributed by atoms with Crippen LogP contribution in [-0.4, -0.2) is 45.7 Å². The van der Waals surface area contributed by atoms with Crippen molar-refractivity contribution >= 4 is 5.97 Å². The van der Waals surface area contributed by atoms with Gasteiger partial charge < -0.3 is 20.1 Å². The molecule has 0 bridgehead atoms. The van der Waals surface area contributed by atoms with Gasteiger partial charge in [-0.25, -0.2) is 4.79 Å². The zero-order valence-corrected chi connectivity index (χ0v) is 17.1. The van der Waals surface area contributed by atoms with Crippen LogP contribution in [0.5, 0.6) is 0 Å². The summed E-state index contributed by atoms with van der Waals surface area (Å²) < 4.78 is 5.32. The summed E-state index contributed by atoms with van der Waals surface area (Å²) >= 11 is 0. The molecule has 0 radical (unpaired) electrons. The molecular weight excluding hydrogens is 368 g/mol. The largest absolute Gasteiger partial charge is 0.460 e. The van der Waals surface area contributed by atoms with Gasteiger partial charge in [-0.05, 0) is 39.0 Å². The fourth-order valence-corrected chi connectivity index (χ4v) is 2.67. The van der Waals surface area contributed by atoms with Gasteiger partial charge in [-0.15, -0.1) is 0 Å². The number of cyclic esters (lactones) is 1. The number of esters is 1. The van der Waals surface area contributed by atoms with Crippen LogP contribution in [0.3, 0.4) is 0 Å². The van der Waals surface area contributed by atoms with E-state index in [9.17, 15) is 20.1 Å². The van der Waals surface area contributed by atoms with Crippen LogP contribution in [0.25, 0.3) is 0 Å². The smallest absolute Gasteiger partial charge is 0.331 e. The van der Waals surface area contributed by atoms with Gasteiger partial charge in [-0.1, -0.05) is 66.8 Å². The van der Waals surface area contributed by atoms with Gasteiger partial charge in [0, 0.05) is 12.5 Å². The Labute approximate surface area is 174 Å². The lowest BCUT2D eigenvalue weighted by molar-refractivity contribution is -0.142. The Kier molecular flexibility index (Phi) is 13.4. The van der Waals surface area contributed by atoms with Gasteiger partial charge in [0.1, 0.15) is 0 Å². The highest BCUT2D eigenvalue weighted by Crippen LogP contribution is 2.08. The Morgan fingerprint density at radius 2 is 1.69 bits per heavy atom. The van der Waals surface area contributed by atoms with Crippen molar-refractivity contribution in [3.8, 4) is 0 Å². The van der Waals surface area contributed by atoms with Crippen molar-refractivity contribution in [2.45, 2.75) is 69.9 Å². The standard InChI is InChI=1S/C24H34O5/c1-20-13-8-4-2-6-10-15-22(26)19-23(27)17-12-16-21(25)14-9-5-3-7-11-18-24(28)29-20/h2-3,6-7,9-12,14-16,18,20-23,25-27H,4-5,8,13,17,19H2,1H3/b6-2+,7-3+,14-9+,15-10+,16-12-,18-11-. The van der Waals surface area contributed by atoms with E-state index in [-0.39, 0.29) is 18.5 Å². The molecule has 3 N–H and O–H groups in total. The lowest BCUT2D eigenvalue weighted by Gasteiger charge is -2.11. The van der Waals surface area contributed by atoms with Gasteiger partial charge >= 0.3 is 5.97 Å². The third-order valence-electron chi connectivity index (χ3n) is 4.22. The average molecular weight is 403 g/mol. The van der Waals surface area contributed by atoms with Crippen molar-refractivity contribution in [3.63, 3.8) is 0 Å². The number of hydrogen-bond donors (Lipinski definition) is 3. The molecule has 1 aliphatic rings. The number of aliphatic hydroxyl groups is 3. The second-order valence-electron chi connectivity index (χ2n) is 7.05. The van der Waals surface area contributed by atoms with E-state index < -0.39 is 18.3 Å². The molecule has 1 aliphatic heterocycles. The van der Waals surface area contributed by atoms with E-state index in [0.717, 1.165) is 19.3 Å². The molecule has 0 spiro atoms. The summed E-state index contributed by atoms with van der Waals surface area (Å²) in [7, 11) is 0. The highest BCUT2D eigenvalue weighted by molar-refractivity contribution is 5.82. The van der Waals surface area contributed by atoms with E-state index in [1.165, 1.54) is 6.08 Å². The van der Waals surface area contributed by atoms with Gasteiger partial charge in [0.15, 0.2) is 0 Å². The summed E-state index contributed by atoms with van der Waals surface area (Å²) in [4.78, 5) is 11.7. The summed E-state index contributed by atoms with van der Waals surface area (Å²) in [5, 5.41) is 29.8. The maximum absolute atomic E-state index is 11.7. The van der Waals surface area contributed by atoms with E-state index in [0.29, 0.717) is 12.8 Å². The molecule has 4 unspecified atom stereocenters. The average Bonchev–Trinajstić information content (AvgIpc) is 2.65. The van der Waals surface area contributed by atoms with Crippen molar-refractivity contribution in [2.24, 2.45) is 0 Å². The third kappa shape index (κ3) is 14.4. The lowest BCUT2D eigenvalue weighted by Crippen LogP contribution is -2.15. The van der Waals surface area contributed by atoms with Crippen LogP contribution in [0.15, 0.2) is 72.9 Å². The number of rotatable bonds is 0. The Morgan fingerprint density at radius 3 is 2.52 bits per heavy atom. The van der Waals surface area contributed by atoms with E-state index in [2.05, 4.69) is 0 Å². The van der Waals surface area contributed by atoms with Crippen LogP contribution in [0.1, 0.15) is 45.4 Å². The SMILES string of the molecule is CC1CCC/C=C/C=C/C(O)CC(O)C/C=C\C(O)/C=C/C/C=C/C=C\C(=O)O1. The van der Waals surface area contributed by atoms with E-state index in [1.54, 1.807) is 42.5 Å². The molecule has 0 saturated carbocycles. The number of carbonyl (C=O) groups excluding carboxylic acids is 1. The van der Waals surface area contributed by atoms with Gasteiger partial charge in [0.2, 0.25) is 0 Å².